The summed E-state index contributed by atoms with van der Waals surface area (Å²) in [7, 11) is 0. The second kappa shape index (κ2) is 7.05. The molecule has 0 fully saturated rings. The Hall–Kier alpha value is -3.67. The summed E-state index contributed by atoms with van der Waals surface area (Å²) in [6, 6.07) is 15.5. The second-order valence-corrected chi connectivity index (χ2v) is 7.33. The number of carbonyl (C=O) groups excluding carboxylic acids is 2. The number of rotatable bonds is 4. The third-order valence-electron chi connectivity index (χ3n) is 5.40. The molecule has 0 unspecified atom stereocenters. The number of carbonyl (C=O) groups is 2. The SMILES string of the molecule is O=C(Cc1cccc(-c2cnc[nH]2)c1)c1ccc2cc3n(c2c1)CCCNC3=O. The predicted octanol–water partition coefficient (Wildman–Crippen LogP) is 3.59. The van der Waals surface area contributed by atoms with E-state index in [2.05, 4.69) is 15.3 Å². The van der Waals surface area contributed by atoms with E-state index in [-0.39, 0.29) is 11.7 Å². The number of fused-ring (bicyclic) bond motifs is 3. The van der Waals surface area contributed by atoms with Crippen molar-refractivity contribution in [1.29, 1.82) is 0 Å². The van der Waals surface area contributed by atoms with Crippen molar-refractivity contribution >= 4 is 22.6 Å². The molecule has 144 valence electrons. The summed E-state index contributed by atoms with van der Waals surface area (Å²) >= 11 is 0. The Kier molecular flexibility index (Phi) is 4.24. The van der Waals surface area contributed by atoms with Crippen molar-refractivity contribution < 1.29 is 9.59 Å². The van der Waals surface area contributed by atoms with Crippen molar-refractivity contribution in [2.75, 3.05) is 6.54 Å². The minimum atomic E-state index is -0.0535. The van der Waals surface area contributed by atoms with Gasteiger partial charge in [0.25, 0.3) is 5.91 Å². The Morgan fingerprint density at radius 2 is 2.07 bits per heavy atom. The number of benzene rings is 2. The predicted molar refractivity (Wildman–Crippen MR) is 111 cm³/mol. The second-order valence-electron chi connectivity index (χ2n) is 7.33. The van der Waals surface area contributed by atoms with E-state index in [9.17, 15) is 9.59 Å². The van der Waals surface area contributed by atoms with Gasteiger partial charge in [-0.2, -0.15) is 0 Å². The maximum Gasteiger partial charge on any atom is 0.267 e. The van der Waals surface area contributed by atoms with Gasteiger partial charge in [-0.3, -0.25) is 9.59 Å². The first-order valence-electron chi connectivity index (χ1n) is 9.71. The minimum absolute atomic E-state index is 0.0535. The fourth-order valence-corrected chi connectivity index (χ4v) is 3.94. The number of nitrogens with one attached hydrogen (secondary N) is 2. The van der Waals surface area contributed by atoms with E-state index in [0.717, 1.165) is 40.7 Å². The maximum absolute atomic E-state index is 13.0. The van der Waals surface area contributed by atoms with E-state index in [1.54, 1.807) is 12.5 Å². The lowest BCUT2D eigenvalue weighted by molar-refractivity contribution is 0.0950. The van der Waals surface area contributed by atoms with Gasteiger partial charge in [-0.15, -0.1) is 0 Å². The first-order chi connectivity index (χ1) is 14.2. The zero-order valence-electron chi connectivity index (χ0n) is 15.8. The van der Waals surface area contributed by atoms with Crippen LogP contribution in [0.3, 0.4) is 0 Å². The van der Waals surface area contributed by atoms with Crippen molar-refractivity contribution in [3.8, 4) is 11.3 Å². The van der Waals surface area contributed by atoms with Gasteiger partial charge in [0.1, 0.15) is 5.69 Å². The molecule has 6 heteroatoms. The Bertz CT molecular complexity index is 1220. The maximum atomic E-state index is 13.0. The summed E-state index contributed by atoms with van der Waals surface area (Å²) in [5, 5.41) is 3.90. The molecule has 0 atom stereocenters. The van der Waals surface area contributed by atoms with Crippen molar-refractivity contribution in [2.24, 2.45) is 0 Å². The van der Waals surface area contributed by atoms with E-state index in [4.69, 9.17) is 0 Å². The van der Waals surface area contributed by atoms with Crippen LogP contribution in [0.15, 0.2) is 61.1 Å². The van der Waals surface area contributed by atoms with Gasteiger partial charge in [0.2, 0.25) is 0 Å². The van der Waals surface area contributed by atoms with Gasteiger partial charge in [0.05, 0.1) is 18.2 Å². The largest absolute Gasteiger partial charge is 0.351 e. The molecule has 1 aliphatic rings. The Morgan fingerprint density at radius 1 is 1.14 bits per heavy atom. The monoisotopic (exact) mass is 384 g/mol. The highest BCUT2D eigenvalue weighted by Crippen LogP contribution is 2.24. The molecular weight excluding hydrogens is 364 g/mol. The molecule has 0 spiro atoms. The number of aromatic amines is 1. The normalized spacial score (nSPS) is 13.7. The van der Waals surface area contributed by atoms with Crippen LogP contribution >= 0.6 is 0 Å². The summed E-state index contributed by atoms with van der Waals surface area (Å²) in [6.07, 6.45) is 4.61. The zero-order valence-corrected chi connectivity index (χ0v) is 15.8. The first kappa shape index (κ1) is 17.4. The van der Waals surface area contributed by atoms with Gasteiger partial charge in [-0.1, -0.05) is 30.3 Å². The molecule has 2 N–H and O–H groups in total. The van der Waals surface area contributed by atoms with Crippen LogP contribution in [0, 0.1) is 0 Å². The molecule has 2 aromatic heterocycles. The topological polar surface area (TPSA) is 79.8 Å². The van der Waals surface area contributed by atoms with Crippen LogP contribution in [0.2, 0.25) is 0 Å². The van der Waals surface area contributed by atoms with Crippen molar-refractivity contribution in [3.05, 3.63) is 77.9 Å². The quantitative estimate of drug-likeness (QED) is 0.528. The van der Waals surface area contributed by atoms with Gasteiger partial charge in [0, 0.05) is 36.0 Å². The number of ketones is 1. The standard InChI is InChI=1S/C23H20N4O2/c28-22(10-15-3-1-4-16(9-15)19-13-24-14-26-19)18-6-5-17-11-21-23(29)25-7-2-8-27(21)20(17)12-18/h1,3-6,9,11-14H,2,7-8,10H2,(H,24,26)(H,25,29). The van der Waals surface area contributed by atoms with Crippen molar-refractivity contribution in [2.45, 2.75) is 19.4 Å². The molecule has 4 aromatic rings. The molecule has 3 heterocycles. The lowest BCUT2D eigenvalue weighted by Gasteiger charge is -2.07. The first-order valence-corrected chi connectivity index (χ1v) is 9.71. The third-order valence-corrected chi connectivity index (χ3v) is 5.40. The molecule has 0 saturated heterocycles. The van der Waals surface area contributed by atoms with E-state index >= 15 is 0 Å². The molecule has 6 nitrogen and oxygen atoms in total. The molecular formula is C23H20N4O2. The van der Waals surface area contributed by atoms with Crippen LogP contribution in [0.4, 0.5) is 0 Å². The van der Waals surface area contributed by atoms with Crippen molar-refractivity contribution in [3.63, 3.8) is 0 Å². The van der Waals surface area contributed by atoms with Crippen LogP contribution in [0.25, 0.3) is 22.2 Å². The summed E-state index contributed by atoms with van der Waals surface area (Å²) in [6.45, 7) is 1.44. The van der Waals surface area contributed by atoms with Crippen LogP contribution in [0.5, 0.6) is 0 Å². The number of amides is 1. The lowest BCUT2D eigenvalue weighted by atomic mass is 10.00. The van der Waals surface area contributed by atoms with E-state index in [0.29, 0.717) is 24.2 Å². The molecule has 0 saturated carbocycles. The van der Waals surface area contributed by atoms with Gasteiger partial charge in [-0.25, -0.2) is 4.98 Å². The third kappa shape index (κ3) is 3.23. The molecule has 29 heavy (non-hydrogen) atoms. The highest BCUT2D eigenvalue weighted by molar-refractivity contribution is 6.03. The molecule has 0 radical (unpaired) electrons. The number of H-pyrrole nitrogens is 1. The highest BCUT2D eigenvalue weighted by Gasteiger charge is 2.19. The van der Waals surface area contributed by atoms with Crippen LogP contribution in [-0.4, -0.2) is 32.8 Å². The van der Waals surface area contributed by atoms with Crippen molar-refractivity contribution in [1.82, 2.24) is 19.9 Å². The summed E-state index contributed by atoms with van der Waals surface area (Å²) < 4.78 is 2.02. The van der Waals surface area contributed by atoms with Crippen LogP contribution < -0.4 is 5.32 Å². The Labute approximate surface area is 167 Å². The molecule has 2 aromatic carbocycles. The molecule has 0 aliphatic carbocycles. The van der Waals surface area contributed by atoms with Gasteiger partial charge in [-0.05, 0) is 35.7 Å². The van der Waals surface area contributed by atoms with E-state index in [1.165, 1.54) is 0 Å². The average Bonchev–Trinajstić information content (AvgIpc) is 3.35. The van der Waals surface area contributed by atoms with Gasteiger partial charge in [0.15, 0.2) is 5.78 Å². The number of aryl methyl sites for hydroxylation is 1. The molecule has 1 aliphatic heterocycles. The van der Waals surface area contributed by atoms with Crippen LogP contribution in [0.1, 0.15) is 32.8 Å². The molecule has 1 amide bonds. The van der Waals surface area contributed by atoms with E-state index < -0.39 is 0 Å². The number of imidazole rings is 1. The van der Waals surface area contributed by atoms with Gasteiger partial charge < -0.3 is 14.9 Å². The van der Waals surface area contributed by atoms with Gasteiger partial charge >= 0.3 is 0 Å². The number of hydrogen-bond acceptors (Lipinski definition) is 3. The summed E-state index contributed by atoms with van der Waals surface area (Å²) in [5.41, 5.74) is 5.15. The van der Waals surface area contributed by atoms with E-state index in [1.807, 2.05) is 53.1 Å². The lowest BCUT2D eigenvalue weighted by Crippen LogP contribution is -2.22. The fraction of sp³-hybridized carbons (Fsp3) is 0.174. The number of Topliss-reactive ketones (excluding diaryl/α,β-unsaturated/α-hetero) is 1. The Morgan fingerprint density at radius 3 is 2.93 bits per heavy atom. The smallest absolute Gasteiger partial charge is 0.267 e. The summed E-state index contributed by atoms with van der Waals surface area (Å²) in [5.74, 6) is 0.00415. The highest BCUT2D eigenvalue weighted by atomic mass is 16.2. The number of hydrogen-bond donors (Lipinski definition) is 2. The molecule has 5 rings (SSSR count). The fourth-order valence-electron chi connectivity index (χ4n) is 3.94. The zero-order chi connectivity index (χ0) is 19.8. The number of aromatic nitrogens is 3. The average molecular weight is 384 g/mol. The molecule has 0 bridgehead atoms. The minimum Gasteiger partial charge on any atom is -0.351 e. The summed E-state index contributed by atoms with van der Waals surface area (Å²) in [4.78, 5) is 32.4. The number of nitrogens with zero attached hydrogens (tertiary/aromatic N) is 2. The van der Waals surface area contributed by atoms with Crippen LogP contribution in [-0.2, 0) is 13.0 Å². The Balaban J connectivity index is 1.45.